The second-order valence-electron chi connectivity index (χ2n) is 7.98. The van der Waals surface area contributed by atoms with Crippen molar-refractivity contribution in [3.63, 3.8) is 0 Å². The standard InChI is InChI=1S/C25H27N5OS/c1-18-7-12-23(19(2)14-18)30-24(21-6-5-13-26-15-21)27-29(25(30)32)17-28(3)16-20-8-10-22(31-4)11-9-20/h5-15H,16-17H2,1-4H3. The van der Waals surface area contributed by atoms with Crippen molar-refractivity contribution >= 4 is 12.2 Å². The summed E-state index contributed by atoms with van der Waals surface area (Å²) < 4.78 is 9.82. The van der Waals surface area contributed by atoms with Crippen LogP contribution in [-0.2, 0) is 13.2 Å². The van der Waals surface area contributed by atoms with E-state index in [-0.39, 0.29) is 0 Å². The molecule has 2 aromatic heterocycles. The van der Waals surface area contributed by atoms with Crippen molar-refractivity contribution in [3.8, 4) is 22.8 Å². The number of benzene rings is 2. The van der Waals surface area contributed by atoms with E-state index >= 15 is 0 Å². The van der Waals surface area contributed by atoms with Crippen LogP contribution >= 0.6 is 12.2 Å². The third kappa shape index (κ3) is 4.64. The van der Waals surface area contributed by atoms with Crippen LogP contribution in [0.3, 0.4) is 0 Å². The molecule has 2 heterocycles. The number of hydrogen-bond acceptors (Lipinski definition) is 5. The van der Waals surface area contributed by atoms with Crippen LogP contribution in [0.5, 0.6) is 5.75 Å². The fraction of sp³-hybridized carbons (Fsp3) is 0.240. The Hall–Kier alpha value is -3.29. The van der Waals surface area contributed by atoms with Gasteiger partial charge in [-0.3, -0.25) is 14.5 Å². The summed E-state index contributed by atoms with van der Waals surface area (Å²) in [6, 6.07) is 18.4. The molecular formula is C25H27N5OS. The quantitative estimate of drug-likeness (QED) is 0.367. The molecule has 0 radical (unpaired) electrons. The summed E-state index contributed by atoms with van der Waals surface area (Å²) in [5, 5.41) is 4.90. The predicted molar refractivity (Wildman–Crippen MR) is 130 cm³/mol. The van der Waals surface area contributed by atoms with Gasteiger partial charge in [-0.1, -0.05) is 29.8 Å². The first-order valence-corrected chi connectivity index (χ1v) is 10.9. The van der Waals surface area contributed by atoms with Gasteiger partial charge in [-0.2, -0.15) is 0 Å². The van der Waals surface area contributed by atoms with E-state index in [2.05, 4.69) is 61.1 Å². The molecule has 0 N–H and O–H groups in total. The molecular weight excluding hydrogens is 418 g/mol. The Kier molecular flexibility index (Phi) is 6.48. The zero-order chi connectivity index (χ0) is 22.7. The zero-order valence-electron chi connectivity index (χ0n) is 18.8. The van der Waals surface area contributed by atoms with Gasteiger partial charge in [0.2, 0.25) is 4.77 Å². The molecule has 2 aromatic carbocycles. The predicted octanol–water partition coefficient (Wildman–Crippen LogP) is 5.18. The van der Waals surface area contributed by atoms with Gasteiger partial charge in [-0.05, 0) is 74.6 Å². The lowest BCUT2D eigenvalue weighted by Gasteiger charge is -2.16. The normalized spacial score (nSPS) is 11.2. The molecule has 0 fully saturated rings. The summed E-state index contributed by atoms with van der Waals surface area (Å²) in [5.41, 5.74) is 5.52. The van der Waals surface area contributed by atoms with Gasteiger partial charge in [-0.25, -0.2) is 4.68 Å². The fourth-order valence-corrected chi connectivity index (χ4v) is 4.06. The molecule has 0 amide bonds. The Labute approximate surface area is 193 Å². The number of methoxy groups -OCH3 is 1. The van der Waals surface area contributed by atoms with Gasteiger partial charge in [0.05, 0.1) is 19.5 Å². The van der Waals surface area contributed by atoms with E-state index < -0.39 is 0 Å². The highest BCUT2D eigenvalue weighted by Crippen LogP contribution is 2.25. The number of aryl methyl sites for hydroxylation is 2. The molecule has 0 bridgehead atoms. The monoisotopic (exact) mass is 445 g/mol. The molecule has 0 unspecified atom stereocenters. The number of aromatic nitrogens is 4. The molecule has 0 saturated carbocycles. The van der Waals surface area contributed by atoms with Gasteiger partial charge in [0, 0.05) is 24.5 Å². The second kappa shape index (κ2) is 9.46. The highest BCUT2D eigenvalue weighted by Gasteiger charge is 2.17. The van der Waals surface area contributed by atoms with E-state index in [4.69, 9.17) is 22.1 Å². The minimum absolute atomic E-state index is 0.566. The highest BCUT2D eigenvalue weighted by atomic mass is 32.1. The van der Waals surface area contributed by atoms with Crippen molar-refractivity contribution < 1.29 is 4.74 Å². The van der Waals surface area contributed by atoms with Gasteiger partial charge in [0.1, 0.15) is 5.75 Å². The summed E-state index contributed by atoms with van der Waals surface area (Å²) in [6.45, 7) is 5.53. The Morgan fingerprint density at radius 1 is 1.06 bits per heavy atom. The summed E-state index contributed by atoms with van der Waals surface area (Å²) >= 11 is 5.90. The average Bonchev–Trinajstić information content (AvgIpc) is 3.10. The summed E-state index contributed by atoms with van der Waals surface area (Å²) in [4.78, 5) is 6.47. The third-order valence-electron chi connectivity index (χ3n) is 5.34. The van der Waals surface area contributed by atoms with Crippen molar-refractivity contribution in [2.45, 2.75) is 27.1 Å². The molecule has 7 heteroatoms. The van der Waals surface area contributed by atoms with E-state index in [1.165, 1.54) is 11.1 Å². The van der Waals surface area contributed by atoms with Crippen LogP contribution < -0.4 is 4.74 Å². The van der Waals surface area contributed by atoms with Gasteiger partial charge in [0.15, 0.2) is 5.82 Å². The number of nitrogens with zero attached hydrogens (tertiary/aromatic N) is 5. The maximum absolute atomic E-state index is 5.90. The maximum Gasteiger partial charge on any atom is 0.204 e. The van der Waals surface area contributed by atoms with E-state index in [9.17, 15) is 0 Å². The van der Waals surface area contributed by atoms with Gasteiger partial charge in [-0.15, -0.1) is 5.10 Å². The molecule has 0 aliphatic heterocycles. The van der Waals surface area contributed by atoms with Gasteiger partial charge < -0.3 is 4.74 Å². The third-order valence-corrected chi connectivity index (χ3v) is 5.73. The topological polar surface area (TPSA) is 48.1 Å². The minimum Gasteiger partial charge on any atom is -0.497 e. The first kappa shape index (κ1) is 21.9. The van der Waals surface area contributed by atoms with E-state index in [1.54, 1.807) is 13.3 Å². The van der Waals surface area contributed by atoms with Crippen LogP contribution in [0, 0.1) is 18.6 Å². The van der Waals surface area contributed by atoms with Crippen LogP contribution in [-0.4, -0.2) is 38.4 Å². The zero-order valence-corrected chi connectivity index (χ0v) is 19.6. The lowest BCUT2D eigenvalue weighted by atomic mass is 10.1. The van der Waals surface area contributed by atoms with Crippen LogP contribution in [0.15, 0.2) is 67.0 Å². The number of pyridine rings is 1. The molecule has 0 aliphatic rings. The molecule has 0 saturated heterocycles. The number of ether oxygens (including phenoxy) is 1. The van der Waals surface area contributed by atoms with Crippen molar-refractivity contribution in [2.75, 3.05) is 14.2 Å². The fourth-order valence-electron chi connectivity index (χ4n) is 3.78. The van der Waals surface area contributed by atoms with Gasteiger partial charge in [0.25, 0.3) is 0 Å². The average molecular weight is 446 g/mol. The van der Waals surface area contributed by atoms with E-state index in [0.29, 0.717) is 11.4 Å². The lowest BCUT2D eigenvalue weighted by molar-refractivity contribution is 0.244. The highest BCUT2D eigenvalue weighted by molar-refractivity contribution is 7.71. The summed E-state index contributed by atoms with van der Waals surface area (Å²) in [5.74, 6) is 1.64. The molecule has 4 aromatic rings. The van der Waals surface area contributed by atoms with Crippen LogP contribution in [0.2, 0.25) is 0 Å². The largest absolute Gasteiger partial charge is 0.497 e. The molecule has 32 heavy (non-hydrogen) atoms. The molecule has 0 spiro atoms. The Bertz CT molecular complexity index is 1260. The van der Waals surface area contributed by atoms with Crippen molar-refractivity contribution in [3.05, 3.63) is 88.5 Å². The van der Waals surface area contributed by atoms with Crippen LogP contribution in [0.4, 0.5) is 0 Å². The van der Waals surface area contributed by atoms with Crippen LogP contribution in [0.25, 0.3) is 17.1 Å². The van der Waals surface area contributed by atoms with Crippen molar-refractivity contribution in [1.29, 1.82) is 0 Å². The Morgan fingerprint density at radius 3 is 2.50 bits per heavy atom. The number of hydrogen-bond donors (Lipinski definition) is 0. The Balaban J connectivity index is 1.70. The molecule has 0 atom stereocenters. The SMILES string of the molecule is COc1ccc(CN(C)Cn2nc(-c3cccnc3)n(-c3ccc(C)cc3C)c2=S)cc1. The lowest BCUT2D eigenvalue weighted by Crippen LogP contribution is -2.22. The number of rotatable bonds is 7. The summed E-state index contributed by atoms with van der Waals surface area (Å²) in [7, 11) is 3.74. The first-order chi connectivity index (χ1) is 15.5. The molecule has 164 valence electrons. The Morgan fingerprint density at radius 2 is 1.84 bits per heavy atom. The van der Waals surface area contributed by atoms with Crippen molar-refractivity contribution in [1.82, 2.24) is 24.2 Å². The smallest absolute Gasteiger partial charge is 0.204 e. The molecule has 0 aliphatic carbocycles. The summed E-state index contributed by atoms with van der Waals surface area (Å²) in [6.07, 6.45) is 3.59. The second-order valence-corrected chi connectivity index (χ2v) is 8.34. The minimum atomic E-state index is 0.566. The van der Waals surface area contributed by atoms with Crippen molar-refractivity contribution in [2.24, 2.45) is 0 Å². The first-order valence-electron chi connectivity index (χ1n) is 10.5. The maximum atomic E-state index is 5.90. The molecule has 4 rings (SSSR count). The molecule has 6 nitrogen and oxygen atoms in total. The van der Waals surface area contributed by atoms with Gasteiger partial charge >= 0.3 is 0 Å². The van der Waals surface area contributed by atoms with E-state index in [1.807, 2.05) is 39.7 Å². The van der Waals surface area contributed by atoms with Crippen LogP contribution in [0.1, 0.15) is 16.7 Å². The van der Waals surface area contributed by atoms with E-state index in [0.717, 1.165) is 34.9 Å².